The van der Waals surface area contributed by atoms with E-state index >= 15 is 0 Å². The van der Waals surface area contributed by atoms with E-state index in [1.54, 1.807) is 4.90 Å². The summed E-state index contributed by atoms with van der Waals surface area (Å²) < 4.78 is 68.1. The number of sulfonamides is 1. The molecule has 0 spiro atoms. The molecule has 1 amide bonds. The van der Waals surface area contributed by atoms with Crippen molar-refractivity contribution in [2.24, 2.45) is 0 Å². The third kappa shape index (κ3) is 5.39. The van der Waals surface area contributed by atoms with Gasteiger partial charge in [0.1, 0.15) is 11.6 Å². The highest BCUT2D eigenvalue weighted by Crippen LogP contribution is 2.25. The van der Waals surface area contributed by atoms with Crippen LogP contribution in [0.2, 0.25) is 5.02 Å². The number of ether oxygens (including phenoxy) is 1. The van der Waals surface area contributed by atoms with Gasteiger partial charge in [0.2, 0.25) is 15.9 Å². The number of piperazine rings is 1. The Bertz CT molecular complexity index is 978. The number of hydrogen-bond donors (Lipinski definition) is 0. The molecule has 0 bridgehead atoms. The van der Waals surface area contributed by atoms with Crippen molar-refractivity contribution in [2.45, 2.75) is 18.1 Å². The number of benzene rings is 1. The van der Waals surface area contributed by atoms with Crippen molar-refractivity contribution in [1.82, 2.24) is 9.21 Å². The van der Waals surface area contributed by atoms with Gasteiger partial charge in [-0.15, -0.1) is 0 Å². The Balaban J connectivity index is 1.47. The molecule has 12 heteroatoms. The summed E-state index contributed by atoms with van der Waals surface area (Å²) in [7, 11) is -6.99. The molecule has 2 fully saturated rings. The number of carbonyl (C=O) groups excluding carboxylic acids is 1. The molecule has 0 aromatic heterocycles. The molecule has 1 unspecified atom stereocenters. The summed E-state index contributed by atoms with van der Waals surface area (Å²) >= 11 is 5.86. The zero-order valence-electron chi connectivity index (χ0n) is 15.6. The maximum absolute atomic E-state index is 13.0. The Morgan fingerprint density at radius 1 is 1.24 bits per heavy atom. The predicted octanol–water partition coefficient (Wildman–Crippen LogP) is 0.909. The molecule has 1 aromatic carbocycles. The molecule has 0 radical (unpaired) electrons. The first-order valence-electron chi connectivity index (χ1n) is 9.13. The minimum Gasteiger partial charge on any atom is -0.491 e. The summed E-state index contributed by atoms with van der Waals surface area (Å²) in [6.45, 7) is 0.789. The van der Waals surface area contributed by atoms with Crippen LogP contribution in [0.25, 0.3) is 0 Å². The van der Waals surface area contributed by atoms with E-state index in [1.807, 2.05) is 0 Å². The lowest BCUT2D eigenvalue weighted by molar-refractivity contribution is -0.132. The van der Waals surface area contributed by atoms with Gasteiger partial charge in [-0.25, -0.2) is 21.2 Å². The first-order chi connectivity index (χ1) is 13.6. The fourth-order valence-corrected chi connectivity index (χ4v) is 8.13. The second kappa shape index (κ2) is 8.75. The van der Waals surface area contributed by atoms with E-state index in [-0.39, 0.29) is 73.8 Å². The fraction of sp³-hybridized carbons (Fsp3) is 0.588. The van der Waals surface area contributed by atoms with Gasteiger partial charge in [0.25, 0.3) is 0 Å². The van der Waals surface area contributed by atoms with Gasteiger partial charge in [0.15, 0.2) is 9.84 Å². The molecule has 1 aromatic rings. The Labute approximate surface area is 174 Å². The maximum atomic E-state index is 13.0. The standard InChI is InChI=1S/C17H22ClFN2O6S2/c18-15-11-13(19)1-2-16(15)27-9-3-17(22)20-5-7-21(8-6-20)29(25,26)14-4-10-28(23,24)12-14/h1-2,11,14H,3-10,12H2. The number of halogens is 2. The van der Waals surface area contributed by atoms with Gasteiger partial charge in [-0.1, -0.05) is 11.6 Å². The highest BCUT2D eigenvalue weighted by atomic mass is 35.5. The summed E-state index contributed by atoms with van der Waals surface area (Å²) in [5.74, 6) is -0.834. The summed E-state index contributed by atoms with van der Waals surface area (Å²) in [5, 5.41) is -0.784. The lowest BCUT2D eigenvalue weighted by atomic mass is 10.3. The van der Waals surface area contributed by atoms with Gasteiger partial charge in [-0.05, 0) is 24.6 Å². The number of nitrogens with zero attached hydrogens (tertiary/aromatic N) is 2. The lowest BCUT2D eigenvalue weighted by Gasteiger charge is -2.35. The molecule has 2 aliphatic rings. The van der Waals surface area contributed by atoms with E-state index < -0.39 is 30.9 Å². The predicted molar refractivity (Wildman–Crippen MR) is 106 cm³/mol. The first-order valence-corrected chi connectivity index (χ1v) is 12.8. The smallest absolute Gasteiger partial charge is 0.226 e. The number of carbonyl (C=O) groups is 1. The SMILES string of the molecule is O=C(CCOc1ccc(F)cc1Cl)N1CCN(S(=O)(=O)C2CCS(=O)(=O)C2)CC1. The number of sulfone groups is 1. The molecule has 8 nitrogen and oxygen atoms in total. The van der Waals surface area contributed by atoms with E-state index in [4.69, 9.17) is 16.3 Å². The zero-order chi connectivity index (χ0) is 21.2. The molecule has 1 atom stereocenters. The highest BCUT2D eigenvalue weighted by Gasteiger charge is 2.41. The number of amides is 1. The van der Waals surface area contributed by atoms with E-state index in [0.717, 1.165) is 6.07 Å². The van der Waals surface area contributed by atoms with Gasteiger partial charge in [-0.3, -0.25) is 4.79 Å². The van der Waals surface area contributed by atoms with Crippen LogP contribution < -0.4 is 4.74 Å². The molecule has 2 saturated heterocycles. The third-order valence-corrected chi connectivity index (χ3v) is 9.63. The topological polar surface area (TPSA) is 101 Å². The molecular formula is C17H22ClFN2O6S2. The van der Waals surface area contributed by atoms with Crippen LogP contribution in [0.15, 0.2) is 18.2 Å². The van der Waals surface area contributed by atoms with Crippen LogP contribution in [0.1, 0.15) is 12.8 Å². The molecule has 162 valence electrons. The summed E-state index contributed by atoms with van der Waals surface area (Å²) in [4.78, 5) is 13.9. The van der Waals surface area contributed by atoms with Crippen LogP contribution in [0.5, 0.6) is 5.75 Å². The van der Waals surface area contributed by atoms with Crippen LogP contribution in [-0.2, 0) is 24.7 Å². The van der Waals surface area contributed by atoms with Crippen molar-refractivity contribution < 1.29 is 30.8 Å². The quantitative estimate of drug-likeness (QED) is 0.615. The molecule has 0 saturated carbocycles. The van der Waals surface area contributed by atoms with Gasteiger partial charge < -0.3 is 9.64 Å². The van der Waals surface area contributed by atoms with Crippen LogP contribution >= 0.6 is 11.6 Å². The second-order valence-corrected chi connectivity index (χ2v) is 11.9. The second-order valence-electron chi connectivity index (χ2n) is 7.02. The zero-order valence-corrected chi connectivity index (χ0v) is 18.0. The first kappa shape index (κ1) is 22.3. The van der Waals surface area contributed by atoms with Crippen molar-refractivity contribution in [3.05, 3.63) is 29.0 Å². The molecule has 0 N–H and O–H groups in total. The summed E-state index contributed by atoms with van der Waals surface area (Å²) in [6, 6.07) is 3.71. The largest absolute Gasteiger partial charge is 0.491 e. The molecular weight excluding hydrogens is 447 g/mol. The van der Waals surface area contributed by atoms with Gasteiger partial charge >= 0.3 is 0 Å². The van der Waals surface area contributed by atoms with Crippen molar-refractivity contribution in [3.8, 4) is 5.75 Å². The van der Waals surface area contributed by atoms with Crippen molar-refractivity contribution >= 4 is 37.4 Å². The molecule has 2 heterocycles. The maximum Gasteiger partial charge on any atom is 0.226 e. The summed E-state index contributed by atoms with van der Waals surface area (Å²) in [6.07, 6.45) is 0.189. The normalized spacial score (nSPS) is 22.6. The van der Waals surface area contributed by atoms with Crippen molar-refractivity contribution in [2.75, 3.05) is 44.3 Å². The molecule has 0 aliphatic carbocycles. The van der Waals surface area contributed by atoms with E-state index in [2.05, 4.69) is 0 Å². The molecule has 2 aliphatic heterocycles. The van der Waals surface area contributed by atoms with Crippen LogP contribution in [0, 0.1) is 5.82 Å². The third-order valence-electron chi connectivity index (χ3n) is 5.03. The lowest BCUT2D eigenvalue weighted by Crippen LogP contribution is -2.52. The fourth-order valence-electron chi connectivity index (χ4n) is 3.40. The van der Waals surface area contributed by atoms with Gasteiger partial charge in [-0.2, -0.15) is 4.31 Å². The average Bonchev–Trinajstić information content (AvgIpc) is 3.04. The van der Waals surface area contributed by atoms with Crippen molar-refractivity contribution in [1.29, 1.82) is 0 Å². The van der Waals surface area contributed by atoms with Gasteiger partial charge in [0, 0.05) is 26.2 Å². The van der Waals surface area contributed by atoms with Crippen LogP contribution in [0.4, 0.5) is 4.39 Å². The Morgan fingerprint density at radius 3 is 2.52 bits per heavy atom. The Hall–Kier alpha value is -1.43. The Kier molecular flexibility index (Phi) is 6.71. The highest BCUT2D eigenvalue weighted by molar-refractivity contribution is 7.95. The summed E-state index contributed by atoms with van der Waals surface area (Å²) in [5.41, 5.74) is 0. The van der Waals surface area contributed by atoms with E-state index in [0.29, 0.717) is 0 Å². The molecule has 29 heavy (non-hydrogen) atoms. The van der Waals surface area contributed by atoms with E-state index in [9.17, 15) is 26.0 Å². The van der Waals surface area contributed by atoms with Crippen LogP contribution in [-0.4, -0.2) is 81.5 Å². The monoisotopic (exact) mass is 468 g/mol. The Morgan fingerprint density at radius 2 is 1.93 bits per heavy atom. The molecule has 3 rings (SSSR count). The minimum atomic E-state index is -3.70. The average molecular weight is 469 g/mol. The minimum absolute atomic E-state index is 0.0582. The van der Waals surface area contributed by atoms with Gasteiger partial charge in [0.05, 0.1) is 34.8 Å². The van der Waals surface area contributed by atoms with E-state index in [1.165, 1.54) is 16.4 Å². The van der Waals surface area contributed by atoms with Crippen LogP contribution in [0.3, 0.4) is 0 Å². The van der Waals surface area contributed by atoms with Crippen molar-refractivity contribution in [3.63, 3.8) is 0 Å². The number of hydrogen-bond acceptors (Lipinski definition) is 6. The number of rotatable bonds is 6.